The topological polar surface area (TPSA) is 43.7 Å². The van der Waals surface area contributed by atoms with Crippen molar-refractivity contribution in [2.24, 2.45) is 39.9 Å². The van der Waals surface area contributed by atoms with Crippen LogP contribution in [0.1, 0.15) is 52.4 Å². The summed E-state index contributed by atoms with van der Waals surface area (Å²) in [7, 11) is 0. The maximum atomic E-state index is 11.4. The molecule has 5 saturated carbocycles. The molecule has 3 heteroatoms. The number of hydrogen-bond donors (Lipinski definition) is 2. The molecule has 0 aromatic heterocycles. The number of nitrogens with zero attached hydrogens (tertiary/aromatic N) is 1. The Balaban J connectivity index is 1.58. The Morgan fingerprint density at radius 1 is 1.16 bits per heavy atom. The lowest BCUT2D eigenvalue weighted by molar-refractivity contribution is -0.171. The first-order valence-corrected chi connectivity index (χ1v) is 10.7. The summed E-state index contributed by atoms with van der Waals surface area (Å²) in [6.07, 6.45) is 6.63. The van der Waals surface area contributed by atoms with Crippen LogP contribution < -0.4 is 0 Å². The lowest BCUT2D eigenvalue weighted by atomic mass is 9.44. The molecule has 5 aliphatic carbocycles. The Labute approximate surface area is 151 Å². The van der Waals surface area contributed by atoms with Crippen molar-refractivity contribution in [1.29, 1.82) is 0 Å². The third-order valence-corrected chi connectivity index (χ3v) is 10.5. The summed E-state index contributed by atoms with van der Waals surface area (Å²) in [5.74, 6) is 2.08. The minimum absolute atomic E-state index is 0.0259. The molecule has 6 fully saturated rings. The van der Waals surface area contributed by atoms with Gasteiger partial charge in [0, 0.05) is 23.9 Å². The molecule has 0 aromatic rings. The quantitative estimate of drug-likeness (QED) is 0.720. The average Bonchev–Trinajstić information content (AvgIpc) is 3.08. The smallest absolute Gasteiger partial charge is 0.0813 e. The van der Waals surface area contributed by atoms with Gasteiger partial charge in [0.2, 0.25) is 0 Å². The van der Waals surface area contributed by atoms with Crippen LogP contribution in [0.5, 0.6) is 0 Å². The van der Waals surface area contributed by atoms with Gasteiger partial charge in [-0.05, 0) is 72.8 Å². The third kappa shape index (κ3) is 1.37. The van der Waals surface area contributed by atoms with Gasteiger partial charge in [-0.1, -0.05) is 26.8 Å². The van der Waals surface area contributed by atoms with Crippen molar-refractivity contribution in [1.82, 2.24) is 4.90 Å². The van der Waals surface area contributed by atoms with E-state index in [1.807, 2.05) is 0 Å². The lowest BCUT2D eigenvalue weighted by Gasteiger charge is -2.64. The van der Waals surface area contributed by atoms with Crippen molar-refractivity contribution in [2.45, 2.75) is 70.6 Å². The standard InChI is InChI=1S/C22H33NO2/c1-4-23-11-20(3)6-5-7-21-16(20)8-14(18(21)23)22-10-13(12(2)19(22)25)15(24)9-17(21)22/h13-19,24-25H,2,4-11H2,1,3H3/t13-,14?,15+,16+,17-,18+,19+,20-,21-,22-/m0/s1. The molecule has 10 atom stereocenters. The summed E-state index contributed by atoms with van der Waals surface area (Å²) in [6, 6.07) is 0.646. The van der Waals surface area contributed by atoms with Crippen LogP contribution in [0, 0.1) is 39.9 Å². The third-order valence-electron chi connectivity index (χ3n) is 10.5. The summed E-state index contributed by atoms with van der Waals surface area (Å²) in [5.41, 5.74) is 1.78. The van der Waals surface area contributed by atoms with Gasteiger partial charge in [-0.15, -0.1) is 0 Å². The van der Waals surface area contributed by atoms with Crippen molar-refractivity contribution in [3.63, 3.8) is 0 Å². The Kier molecular flexibility index (Phi) is 2.73. The highest BCUT2D eigenvalue weighted by molar-refractivity contribution is 5.38. The van der Waals surface area contributed by atoms with Gasteiger partial charge >= 0.3 is 0 Å². The minimum Gasteiger partial charge on any atom is -0.392 e. The second-order valence-electron chi connectivity index (χ2n) is 10.8. The molecule has 2 N–H and O–H groups in total. The van der Waals surface area contributed by atoms with Gasteiger partial charge in [-0.3, -0.25) is 4.90 Å². The van der Waals surface area contributed by atoms with Gasteiger partial charge in [0.25, 0.3) is 0 Å². The predicted molar refractivity (Wildman–Crippen MR) is 96.8 cm³/mol. The van der Waals surface area contributed by atoms with E-state index in [2.05, 4.69) is 25.3 Å². The lowest BCUT2D eigenvalue weighted by Crippen LogP contribution is -2.63. The van der Waals surface area contributed by atoms with E-state index in [4.69, 9.17) is 0 Å². The van der Waals surface area contributed by atoms with Crippen molar-refractivity contribution < 1.29 is 10.2 Å². The van der Waals surface area contributed by atoms with Crippen molar-refractivity contribution in [3.8, 4) is 0 Å². The molecular formula is C22H33NO2. The van der Waals surface area contributed by atoms with Crippen LogP contribution in [0.25, 0.3) is 0 Å². The van der Waals surface area contributed by atoms with Gasteiger partial charge in [-0.25, -0.2) is 0 Å². The highest BCUT2D eigenvalue weighted by Crippen LogP contribution is 2.83. The Bertz CT molecular complexity index is 662. The highest BCUT2D eigenvalue weighted by Gasteiger charge is 2.83. The molecule has 3 nitrogen and oxygen atoms in total. The Morgan fingerprint density at radius 2 is 1.96 bits per heavy atom. The van der Waals surface area contributed by atoms with E-state index in [1.165, 1.54) is 32.2 Å². The molecule has 2 spiro atoms. The fourth-order valence-corrected chi connectivity index (χ4v) is 10.0. The zero-order valence-corrected chi connectivity index (χ0v) is 15.7. The number of fused-ring (bicyclic) bond motifs is 1. The van der Waals surface area contributed by atoms with Gasteiger partial charge in [0.15, 0.2) is 0 Å². The van der Waals surface area contributed by atoms with E-state index >= 15 is 0 Å². The number of aliphatic hydroxyl groups is 2. The average molecular weight is 344 g/mol. The van der Waals surface area contributed by atoms with Crippen molar-refractivity contribution >= 4 is 0 Å². The van der Waals surface area contributed by atoms with Crippen LogP contribution in [0.4, 0.5) is 0 Å². The zero-order valence-electron chi connectivity index (χ0n) is 15.7. The van der Waals surface area contributed by atoms with Crippen molar-refractivity contribution in [3.05, 3.63) is 12.2 Å². The maximum Gasteiger partial charge on any atom is 0.0813 e. The largest absolute Gasteiger partial charge is 0.392 e. The van der Waals surface area contributed by atoms with E-state index in [-0.39, 0.29) is 23.5 Å². The fourth-order valence-electron chi connectivity index (χ4n) is 10.0. The van der Waals surface area contributed by atoms with Crippen LogP contribution in [-0.4, -0.2) is 46.5 Å². The van der Waals surface area contributed by atoms with Crippen LogP contribution in [0.3, 0.4) is 0 Å². The van der Waals surface area contributed by atoms with E-state index in [9.17, 15) is 10.2 Å². The van der Waals surface area contributed by atoms with Gasteiger partial charge in [0.05, 0.1) is 12.2 Å². The Morgan fingerprint density at radius 3 is 2.72 bits per heavy atom. The molecule has 0 aromatic carbocycles. The molecule has 1 unspecified atom stereocenters. The molecule has 6 rings (SSSR count). The van der Waals surface area contributed by atoms with E-state index in [1.54, 1.807) is 0 Å². The molecule has 1 heterocycles. The maximum absolute atomic E-state index is 11.4. The summed E-state index contributed by atoms with van der Waals surface area (Å²) >= 11 is 0. The number of hydrogen-bond acceptors (Lipinski definition) is 3. The van der Waals surface area contributed by atoms with E-state index in [0.29, 0.717) is 28.7 Å². The predicted octanol–water partition coefficient (Wildman–Crippen LogP) is 2.82. The summed E-state index contributed by atoms with van der Waals surface area (Å²) in [6.45, 7) is 11.5. The zero-order chi connectivity index (χ0) is 17.4. The van der Waals surface area contributed by atoms with Crippen LogP contribution in [0.15, 0.2) is 12.2 Å². The Hall–Kier alpha value is -0.380. The van der Waals surface area contributed by atoms with E-state index < -0.39 is 0 Å². The molecule has 1 saturated heterocycles. The molecular weight excluding hydrogens is 310 g/mol. The fraction of sp³-hybridized carbons (Fsp3) is 0.909. The molecule has 7 bridgehead atoms. The normalized spacial score (nSPS) is 64.6. The van der Waals surface area contributed by atoms with Gasteiger partial charge in [-0.2, -0.15) is 0 Å². The molecule has 0 radical (unpaired) electrons. The van der Waals surface area contributed by atoms with Crippen LogP contribution >= 0.6 is 0 Å². The van der Waals surface area contributed by atoms with Gasteiger partial charge < -0.3 is 10.2 Å². The summed E-state index contributed by atoms with van der Waals surface area (Å²) < 4.78 is 0. The second-order valence-corrected chi connectivity index (χ2v) is 10.8. The first-order chi connectivity index (χ1) is 11.9. The van der Waals surface area contributed by atoms with Crippen LogP contribution in [0.2, 0.25) is 0 Å². The second kappa shape index (κ2) is 4.36. The van der Waals surface area contributed by atoms with Crippen LogP contribution in [-0.2, 0) is 0 Å². The highest BCUT2D eigenvalue weighted by atomic mass is 16.3. The monoisotopic (exact) mass is 343 g/mol. The number of aliphatic hydroxyl groups excluding tert-OH is 2. The summed E-state index contributed by atoms with van der Waals surface area (Å²) in [4.78, 5) is 2.80. The first kappa shape index (κ1) is 15.7. The molecule has 25 heavy (non-hydrogen) atoms. The molecule has 6 aliphatic rings. The molecule has 0 amide bonds. The number of likely N-dealkylation sites (tertiary alicyclic amines) is 1. The SMILES string of the molecule is C=C1[C@@H](O)[C@]23C[C@@H]1[C@H](O)C[C@H]2[C@@]12CCC[C@@]4(C)CN(CC)[C@@H]1C3C[C@H]42. The minimum atomic E-state index is -0.377. The molecule has 138 valence electrons. The van der Waals surface area contributed by atoms with E-state index in [0.717, 1.165) is 30.9 Å². The number of rotatable bonds is 1. The molecule has 1 aliphatic heterocycles. The first-order valence-electron chi connectivity index (χ1n) is 10.7. The summed E-state index contributed by atoms with van der Waals surface area (Å²) in [5, 5.41) is 22.3. The number of piperidine rings is 1. The van der Waals surface area contributed by atoms with Gasteiger partial charge in [0.1, 0.15) is 0 Å². The van der Waals surface area contributed by atoms with Crippen molar-refractivity contribution in [2.75, 3.05) is 13.1 Å².